The van der Waals surface area contributed by atoms with Crippen LogP contribution in [0.1, 0.15) is 30.0 Å². The summed E-state index contributed by atoms with van der Waals surface area (Å²) in [6.45, 7) is 6.10. The third-order valence-electron chi connectivity index (χ3n) is 3.29. The fourth-order valence-electron chi connectivity index (χ4n) is 2.14. The molecule has 0 saturated heterocycles. The summed E-state index contributed by atoms with van der Waals surface area (Å²) in [6.07, 6.45) is 1.12. The van der Waals surface area contributed by atoms with E-state index in [2.05, 4.69) is 31.3 Å². The van der Waals surface area contributed by atoms with Gasteiger partial charge in [-0.2, -0.15) is 0 Å². The van der Waals surface area contributed by atoms with Crippen molar-refractivity contribution in [2.75, 3.05) is 6.54 Å². The predicted molar refractivity (Wildman–Crippen MR) is 85.6 cm³/mol. The molecule has 3 nitrogen and oxygen atoms in total. The Labute approximate surface area is 126 Å². The summed E-state index contributed by atoms with van der Waals surface area (Å²) in [5.41, 5.74) is 3.28. The van der Waals surface area contributed by atoms with Gasteiger partial charge in [-0.05, 0) is 43.7 Å². The fourth-order valence-corrected chi connectivity index (χ4v) is 2.14. The molecule has 2 aromatic carbocycles. The molecular formula is C18H23NO2. The maximum atomic E-state index is 9.06. The van der Waals surface area contributed by atoms with Crippen molar-refractivity contribution in [2.24, 2.45) is 0 Å². The molecule has 0 fully saturated rings. The standard InChI is InChI=1S/C18H23NO2/c1-3-10-19-12-16-11-14(2)4-9-18(16)21-17-7-5-15(13-20)6-8-17/h4-9,11,19-20H,3,10,12-13H2,1-2H3. The summed E-state index contributed by atoms with van der Waals surface area (Å²) in [5, 5.41) is 12.5. The first-order valence-corrected chi connectivity index (χ1v) is 7.41. The summed E-state index contributed by atoms with van der Waals surface area (Å²) in [5.74, 6) is 1.66. The first kappa shape index (κ1) is 15.5. The average molecular weight is 285 g/mol. The van der Waals surface area contributed by atoms with Gasteiger partial charge in [0.15, 0.2) is 0 Å². The van der Waals surface area contributed by atoms with Gasteiger partial charge in [-0.3, -0.25) is 0 Å². The number of hydrogen-bond donors (Lipinski definition) is 2. The second kappa shape index (κ2) is 7.81. The minimum absolute atomic E-state index is 0.0526. The Morgan fingerprint density at radius 1 is 1.10 bits per heavy atom. The Morgan fingerprint density at radius 3 is 2.52 bits per heavy atom. The van der Waals surface area contributed by atoms with Crippen molar-refractivity contribution in [3.63, 3.8) is 0 Å². The number of aliphatic hydroxyl groups is 1. The van der Waals surface area contributed by atoms with E-state index in [0.29, 0.717) is 0 Å². The van der Waals surface area contributed by atoms with Crippen molar-refractivity contribution in [1.29, 1.82) is 0 Å². The minimum atomic E-state index is 0.0526. The number of rotatable bonds is 7. The third-order valence-corrected chi connectivity index (χ3v) is 3.29. The summed E-state index contributed by atoms with van der Waals surface area (Å²) in [4.78, 5) is 0. The summed E-state index contributed by atoms with van der Waals surface area (Å²) in [6, 6.07) is 13.7. The quantitative estimate of drug-likeness (QED) is 0.761. The zero-order valence-electron chi connectivity index (χ0n) is 12.7. The lowest BCUT2D eigenvalue weighted by Gasteiger charge is -2.13. The molecule has 0 spiro atoms. The molecule has 112 valence electrons. The maximum absolute atomic E-state index is 9.06. The zero-order chi connectivity index (χ0) is 15.1. The molecule has 21 heavy (non-hydrogen) atoms. The number of benzene rings is 2. The van der Waals surface area contributed by atoms with Gasteiger partial charge in [-0.1, -0.05) is 36.8 Å². The van der Waals surface area contributed by atoms with Gasteiger partial charge in [-0.25, -0.2) is 0 Å². The van der Waals surface area contributed by atoms with Gasteiger partial charge in [-0.15, -0.1) is 0 Å². The molecule has 0 aromatic heterocycles. The van der Waals surface area contributed by atoms with Crippen LogP contribution >= 0.6 is 0 Å². The van der Waals surface area contributed by atoms with Crippen LogP contribution in [0.5, 0.6) is 11.5 Å². The SMILES string of the molecule is CCCNCc1cc(C)ccc1Oc1ccc(CO)cc1. The fraction of sp³-hybridized carbons (Fsp3) is 0.333. The molecule has 0 unspecified atom stereocenters. The van der Waals surface area contributed by atoms with Crippen LogP contribution in [0.3, 0.4) is 0 Å². The molecule has 0 aliphatic carbocycles. The van der Waals surface area contributed by atoms with Gasteiger partial charge >= 0.3 is 0 Å². The Bertz CT molecular complexity index is 564. The maximum Gasteiger partial charge on any atom is 0.131 e. The highest BCUT2D eigenvalue weighted by atomic mass is 16.5. The minimum Gasteiger partial charge on any atom is -0.457 e. The van der Waals surface area contributed by atoms with Crippen LogP contribution in [-0.2, 0) is 13.2 Å². The number of aliphatic hydroxyl groups excluding tert-OH is 1. The van der Waals surface area contributed by atoms with Crippen molar-refractivity contribution in [2.45, 2.75) is 33.4 Å². The van der Waals surface area contributed by atoms with Crippen LogP contribution in [0.4, 0.5) is 0 Å². The molecular weight excluding hydrogens is 262 g/mol. The van der Waals surface area contributed by atoms with Crippen molar-refractivity contribution in [3.05, 3.63) is 59.2 Å². The molecule has 0 heterocycles. The average Bonchev–Trinajstić information content (AvgIpc) is 2.51. The summed E-state index contributed by atoms with van der Waals surface area (Å²) in [7, 11) is 0. The number of ether oxygens (including phenoxy) is 1. The van der Waals surface area contributed by atoms with E-state index >= 15 is 0 Å². The Hall–Kier alpha value is -1.84. The molecule has 0 bridgehead atoms. The van der Waals surface area contributed by atoms with Crippen LogP contribution in [0.25, 0.3) is 0 Å². The van der Waals surface area contributed by atoms with E-state index in [4.69, 9.17) is 9.84 Å². The van der Waals surface area contributed by atoms with E-state index in [-0.39, 0.29) is 6.61 Å². The normalized spacial score (nSPS) is 10.6. The lowest BCUT2D eigenvalue weighted by molar-refractivity contribution is 0.281. The highest BCUT2D eigenvalue weighted by Gasteiger charge is 2.05. The molecule has 0 amide bonds. The third kappa shape index (κ3) is 4.59. The number of hydrogen-bond acceptors (Lipinski definition) is 3. The molecule has 0 aliphatic rings. The van der Waals surface area contributed by atoms with Gasteiger partial charge in [0.2, 0.25) is 0 Å². The molecule has 0 atom stereocenters. The second-order valence-corrected chi connectivity index (χ2v) is 5.19. The largest absolute Gasteiger partial charge is 0.457 e. The topological polar surface area (TPSA) is 41.5 Å². The first-order chi connectivity index (χ1) is 10.2. The lowest BCUT2D eigenvalue weighted by atomic mass is 10.1. The van der Waals surface area contributed by atoms with E-state index in [0.717, 1.165) is 42.1 Å². The smallest absolute Gasteiger partial charge is 0.131 e. The van der Waals surface area contributed by atoms with Crippen molar-refractivity contribution >= 4 is 0 Å². The molecule has 3 heteroatoms. The van der Waals surface area contributed by atoms with Crippen LogP contribution in [0.2, 0.25) is 0 Å². The Morgan fingerprint density at radius 2 is 1.86 bits per heavy atom. The molecule has 2 N–H and O–H groups in total. The molecule has 0 saturated carbocycles. The van der Waals surface area contributed by atoms with E-state index in [1.807, 2.05) is 30.3 Å². The van der Waals surface area contributed by atoms with E-state index < -0.39 is 0 Å². The predicted octanol–water partition coefficient (Wildman–Crippen LogP) is 3.78. The van der Waals surface area contributed by atoms with Crippen LogP contribution in [0.15, 0.2) is 42.5 Å². The summed E-state index contributed by atoms with van der Waals surface area (Å²) >= 11 is 0. The van der Waals surface area contributed by atoms with Gasteiger partial charge in [0.25, 0.3) is 0 Å². The Balaban J connectivity index is 2.13. The van der Waals surface area contributed by atoms with E-state index in [9.17, 15) is 0 Å². The highest BCUT2D eigenvalue weighted by Crippen LogP contribution is 2.26. The van der Waals surface area contributed by atoms with E-state index in [1.54, 1.807) is 0 Å². The van der Waals surface area contributed by atoms with Crippen molar-refractivity contribution < 1.29 is 9.84 Å². The molecule has 2 aromatic rings. The number of aryl methyl sites for hydroxylation is 1. The van der Waals surface area contributed by atoms with Gasteiger partial charge in [0.1, 0.15) is 11.5 Å². The molecule has 2 rings (SSSR count). The van der Waals surface area contributed by atoms with E-state index in [1.165, 1.54) is 5.56 Å². The van der Waals surface area contributed by atoms with Gasteiger partial charge in [0.05, 0.1) is 6.61 Å². The van der Waals surface area contributed by atoms with Gasteiger partial charge in [0, 0.05) is 12.1 Å². The Kier molecular flexibility index (Phi) is 5.78. The van der Waals surface area contributed by atoms with Crippen LogP contribution < -0.4 is 10.1 Å². The van der Waals surface area contributed by atoms with Crippen molar-refractivity contribution in [3.8, 4) is 11.5 Å². The monoisotopic (exact) mass is 285 g/mol. The summed E-state index contributed by atoms with van der Waals surface area (Å²) < 4.78 is 5.97. The van der Waals surface area contributed by atoms with Crippen molar-refractivity contribution in [1.82, 2.24) is 5.32 Å². The van der Waals surface area contributed by atoms with Gasteiger partial charge < -0.3 is 15.2 Å². The van der Waals surface area contributed by atoms with Crippen LogP contribution in [-0.4, -0.2) is 11.7 Å². The molecule has 0 radical (unpaired) electrons. The first-order valence-electron chi connectivity index (χ1n) is 7.41. The van der Waals surface area contributed by atoms with Crippen LogP contribution in [0, 0.1) is 6.92 Å². The lowest BCUT2D eigenvalue weighted by Crippen LogP contribution is -2.14. The zero-order valence-corrected chi connectivity index (χ0v) is 12.7. The highest BCUT2D eigenvalue weighted by molar-refractivity contribution is 5.40. The number of nitrogens with one attached hydrogen (secondary N) is 1. The second-order valence-electron chi connectivity index (χ2n) is 5.19. The molecule has 0 aliphatic heterocycles.